The minimum Gasteiger partial charge on any atom is -0.478 e. The maximum absolute atomic E-state index is 13.8. The van der Waals surface area contributed by atoms with Crippen LogP contribution in [0.2, 0.25) is 0 Å². The van der Waals surface area contributed by atoms with Crippen molar-refractivity contribution in [2.24, 2.45) is 0 Å². The van der Waals surface area contributed by atoms with Gasteiger partial charge in [0.2, 0.25) is 0 Å². The number of benzene rings is 6. The molecular weight excluding hydrogens is 520 g/mol. The van der Waals surface area contributed by atoms with Crippen LogP contribution in [0, 0.1) is 0 Å². The number of carbonyl (C=O) groups excluding carboxylic acids is 1. The molecule has 1 N–H and O–H groups in total. The van der Waals surface area contributed by atoms with Crippen molar-refractivity contribution in [3.63, 3.8) is 0 Å². The van der Waals surface area contributed by atoms with Crippen molar-refractivity contribution in [3.05, 3.63) is 139 Å². The largest absolute Gasteiger partial charge is 0.478 e. The highest BCUT2D eigenvalue weighted by atomic mass is 16.5. The molecule has 0 aliphatic carbocycles. The summed E-state index contributed by atoms with van der Waals surface area (Å²) in [5.74, 6) is -1.93. The molecule has 0 aliphatic heterocycles. The summed E-state index contributed by atoms with van der Waals surface area (Å²) in [6.45, 7) is 16.0. The first kappa shape index (κ1) is 26.5. The fraction of sp³-hybridized carbons (Fsp3) is 0. The van der Waals surface area contributed by atoms with Gasteiger partial charge in [-0.25, -0.2) is 9.59 Å². The molecule has 0 spiro atoms. The van der Waals surface area contributed by atoms with E-state index in [1.807, 2.05) is 60.7 Å². The van der Waals surface area contributed by atoms with Crippen molar-refractivity contribution in [2.45, 2.75) is 0 Å². The molecule has 6 rings (SSSR count). The van der Waals surface area contributed by atoms with Crippen LogP contribution in [-0.2, 0) is 0 Å². The van der Waals surface area contributed by atoms with E-state index in [1.165, 1.54) is 6.07 Å². The highest BCUT2D eigenvalue weighted by Crippen LogP contribution is 2.42. The smallest absolute Gasteiger partial charge is 0.343 e. The minimum atomic E-state index is -1.21. The van der Waals surface area contributed by atoms with E-state index in [9.17, 15) is 14.7 Å². The van der Waals surface area contributed by atoms with E-state index < -0.39 is 11.9 Å². The molecule has 0 aliphatic rings. The Morgan fingerprint density at radius 1 is 0.571 bits per heavy atom. The van der Waals surface area contributed by atoms with Crippen molar-refractivity contribution in [1.82, 2.24) is 0 Å². The van der Waals surface area contributed by atoms with Gasteiger partial charge in [0.1, 0.15) is 5.56 Å². The van der Waals surface area contributed by atoms with Crippen molar-refractivity contribution < 1.29 is 19.4 Å². The van der Waals surface area contributed by atoms with Gasteiger partial charge in [0.15, 0.2) is 5.75 Å². The van der Waals surface area contributed by atoms with Gasteiger partial charge in [-0.1, -0.05) is 111 Å². The van der Waals surface area contributed by atoms with Gasteiger partial charge in [0, 0.05) is 5.39 Å². The lowest BCUT2D eigenvalue weighted by Gasteiger charge is -2.18. The number of carboxylic acids is 1. The third-order valence-electron chi connectivity index (χ3n) is 7.81. The van der Waals surface area contributed by atoms with Gasteiger partial charge >= 0.3 is 11.9 Å². The summed E-state index contributed by atoms with van der Waals surface area (Å²) in [6.07, 6.45) is 6.97. The zero-order valence-electron chi connectivity index (χ0n) is 22.8. The van der Waals surface area contributed by atoms with Gasteiger partial charge < -0.3 is 9.84 Å². The van der Waals surface area contributed by atoms with Gasteiger partial charge in [-0.05, 0) is 78.2 Å². The molecular formula is C38H26O4. The second kappa shape index (κ2) is 10.3. The third kappa shape index (κ3) is 3.93. The van der Waals surface area contributed by atoms with Crippen LogP contribution in [-0.4, -0.2) is 17.0 Å². The van der Waals surface area contributed by atoms with E-state index in [1.54, 1.807) is 36.4 Å². The van der Waals surface area contributed by atoms with Crippen molar-refractivity contribution in [3.8, 4) is 5.75 Å². The number of aromatic carboxylic acids is 1. The second-order valence-corrected chi connectivity index (χ2v) is 9.88. The third-order valence-corrected chi connectivity index (χ3v) is 7.81. The number of carboxylic acid groups (broad SMARTS) is 1. The Kier molecular flexibility index (Phi) is 6.52. The molecule has 0 fully saturated rings. The van der Waals surface area contributed by atoms with E-state index in [0.29, 0.717) is 16.3 Å². The van der Waals surface area contributed by atoms with Crippen LogP contribution in [0.1, 0.15) is 43.0 Å². The normalized spacial score (nSPS) is 11.0. The zero-order valence-corrected chi connectivity index (χ0v) is 22.8. The Labute approximate surface area is 242 Å². The lowest BCUT2D eigenvalue weighted by molar-refractivity contribution is 0.0682. The number of carbonyl (C=O) groups is 2. The Balaban J connectivity index is 1.60. The molecule has 6 aromatic rings. The summed E-state index contributed by atoms with van der Waals surface area (Å²) in [6, 6.07) is 24.2. The number of rotatable bonds is 7. The first-order chi connectivity index (χ1) is 20.4. The average Bonchev–Trinajstić information content (AvgIpc) is 3.01. The molecule has 0 heterocycles. The molecule has 42 heavy (non-hydrogen) atoms. The van der Waals surface area contributed by atoms with Crippen LogP contribution >= 0.6 is 0 Å². The maximum atomic E-state index is 13.8. The first-order valence-electron chi connectivity index (χ1n) is 13.4. The maximum Gasteiger partial charge on any atom is 0.343 e. The van der Waals surface area contributed by atoms with E-state index in [4.69, 9.17) is 4.74 Å². The summed E-state index contributed by atoms with van der Waals surface area (Å²) in [4.78, 5) is 26.2. The fourth-order valence-electron chi connectivity index (χ4n) is 5.98. The van der Waals surface area contributed by atoms with E-state index >= 15 is 0 Å². The Hall–Kier alpha value is -5.74. The van der Waals surface area contributed by atoms with Gasteiger partial charge in [-0.3, -0.25) is 0 Å². The summed E-state index contributed by atoms with van der Waals surface area (Å²) in [5.41, 5.74) is 3.46. The van der Waals surface area contributed by atoms with E-state index in [-0.39, 0.29) is 16.9 Å². The molecule has 0 saturated carbocycles. The van der Waals surface area contributed by atoms with Crippen LogP contribution < -0.4 is 4.74 Å². The molecule has 4 nitrogen and oxygen atoms in total. The average molecular weight is 547 g/mol. The van der Waals surface area contributed by atoms with Crippen LogP contribution in [0.5, 0.6) is 5.75 Å². The molecule has 0 radical (unpaired) electrons. The van der Waals surface area contributed by atoms with Crippen molar-refractivity contribution in [2.75, 3.05) is 0 Å². The molecule has 0 unspecified atom stereocenters. The Morgan fingerprint density at radius 3 is 1.55 bits per heavy atom. The predicted molar refractivity (Wildman–Crippen MR) is 175 cm³/mol. The zero-order chi connectivity index (χ0) is 29.5. The molecule has 6 aromatic carbocycles. The monoisotopic (exact) mass is 546 g/mol. The van der Waals surface area contributed by atoms with E-state index in [0.717, 1.165) is 49.0 Å². The topological polar surface area (TPSA) is 63.6 Å². The van der Waals surface area contributed by atoms with Crippen LogP contribution in [0.25, 0.3) is 67.4 Å². The van der Waals surface area contributed by atoms with Crippen molar-refractivity contribution >= 4 is 79.3 Å². The highest BCUT2D eigenvalue weighted by Gasteiger charge is 2.24. The van der Waals surface area contributed by atoms with Gasteiger partial charge in [0.05, 0.1) is 5.56 Å². The fourth-order valence-corrected chi connectivity index (χ4v) is 5.98. The number of hydrogen-bond donors (Lipinski definition) is 1. The van der Waals surface area contributed by atoms with Gasteiger partial charge in [-0.15, -0.1) is 0 Å². The van der Waals surface area contributed by atoms with Crippen LogP contribution in [0.3, 0.4) is 0 Å². The highest BCUT2D eigenvalue weighted by molar-refractivity contribution is 6.18. The first-order valence-corrected chi connectivity index (χ1v) is 13.4. The SMILES string of the molecule is C=Cc1c2ccccc2c(C=C)c2cc(C(=O)Oc3c(C(=O)O)ccc4c(C=C)c5ccccc5c(C=C)c34)ccc12. The second-order valence-electron chi connectivity index (χ2n) is 9.88. The van der Waals surface area contributed by atoms with Gasteiger partial charge in [0.25, 0.3) is 0 Å². The predicted octanol–water partition coefficient (Wildman–Crippen LogP) is 9.79. The number of esters is 1. The lowest BCUT2D eigenvalue weighted by atomic mass is 9.90. The molecule has 202 valence electrons. The van der Waals surface area contributed by atoms with Gasteiger partial charge in [-0.2, -0.15) is 0 Å². The van der Waals surface area contributed by atoms with Crippen LogP contribution in [0.4, 0.5) is 0 Å². The molecule has 4 heteroatoms. The molecule has 0 amide bonds. The molecule has 0 bridgehead atoms. The molecule has 0 saturated heterocycles. The van der Waals surface area contributed by atoms with Crippen LogP contribution in [0.15, 0.2) is 105 Å². The summed E-state index contributed by atoms with van der Waals surface area (Å²) in [5, 5.41) is 16.9. The quantitative estimate of drug-likeness (QED) is 0.123. The Bertz CT molecular complexity index is 2180. The summed E-state index contributed by atoms with van der Waals surface area (Å²) in [7, 11) is 0. The molecule has 0 atom stereocenters. The summed E-state index contributed by atoms with van der Waals surface area (Å²) < 4.78 is 6.02. The summed E-state index contributed by atoms with van der Waals surface area (Å²) >= 11 is 0. The number of hydrogen-bond acceptors (Lipinski definition) is 3. The van der Waals surface area contributed by atoms with Crippen molar-refractivity contribution in [1.29, 1.82) is 0 Å². The minimum absolute atomic E-state index is 0.0388. The number of ether oxygens (including phenoxy) is 1. The number of fused-ring (bicyclic) bond motifs is 4. The lowest BCUT2D eigenvalue weighted by Crippen LogP contribution is -2.13. The standard InChI is InChI=1S/C38H26O4/c1-5-23-27-13-9-10-15-29(27)25(7-3)34-21-22(17-18-31(23)34)38(41)42-36-33(37(39)40)20-19-32-24(6-2)28-14-11-12-16-30(28)26(8-4)35(32)36/h5-21H,1-4H2,(H,39,40). The van der Waals surface area contributed by atoms with E-state index in [2.05, 4.69) is 26.3 Å². The molecule has 0 aromatic heterocycles. The Morgan fingerprint density at radius 2 is 1.02 bits per heavy atom.